The van der Waals surface area contributed by atoms with Gasteiger partial charge in [0.2, 0.25) is 5.91 Å². The minimum absolute atomic E-state index is 0.0747. The van der Waals surface area contributed by atoms with Crippen LogP contribution in [-0.2, 0) is 9.59 Å². The molecule has 210 valence electrons. The summed E-state index contributed by atoms with van der Waals surface area (Å²) in [4.78, 5) is 35.9. The Bertz CT molecular complexity index is 1330. The van der Waals surface area contributed by atoms with Crippen LogP contribution in [0, 0.1) is 6.92 Å². The van der Waals surface area contributed by atoms with Crippen LogP contribution in [0.5, 0.6) is 0 Å². The molecule has 2 atom stereocenters. The van der Waals surface area contributed by atoms with E-state index in [0.29, 0.717) is 16.5 Å². The fourth-order valence-corrected chi connectivity index (χ4v) is 7.39. The number of hydrogen-bond donors (Lipinski definition) is 0. The second kappa shape index (κ2) is 12.7. The van der Waals surface area contributed by atoms with Gasteiger partial charge in [0.05, 0.1) is 12.5 Å². The van der Waals surface area contributed by atoms with Crippen LogP contribution >= 0.6 is 35.0 Å². The molecular formula is C32H35Cl2N3O2S. The summed E-state index contributed by atoms with van der Waals surface area (Å²) in [7, 11) is 2.15. The monoisotopic (exact) mass is 595 g/mol. The summed E-state index contributed by atoms with van der Waals surface area (Å²) in [6.45, 7) is 7.06. The third-order valence-corrected chi connectivity index (χ3v) is 9.91. The van der Waals surface area contributed by atoms with E-state index in [1.165, 1.54) is 11.8 Å². The molecule has 1 amide bonds. The predicted octanol–water partition coefficient (Wildman–Crippen LogP) is 6.91. The molecular weight excluding hydrogens is 561 g/mol. The van der Waals surface area contributed by atoms with Crippen LogP contribution in [0.25, 0.3) is 0 Å². The van der Waals surface area contributed by atoms with Crippen LogP contribution in [0.2, 0.25) is 10.0 Å². The molecule has 2 fully saturated rings. The number of Topliss-reactive ketones (excluding diaryl/α,β-unsaturated/α-hetero) is 1. The van der Waals surface area contributed by atoms with Crippen molar-refractivity contribution in [3.63, 3.8) is 0 Å². The largest absolute Gasteiger partial charge is 0.304 e. The van der Waals surface area contributed by atoms with E-state index >= 15 is 0 Å². The maximum absolute atomic E-state index is 14.5. The number of benzene rings is 3. The first-order valence-electron chi connectivity index (χ1n) is 13.8. The summed E-state index contributed by atoms with van der Waals surface area (Å²) < 4.78 is -0.998. The van der Waals surface area contributed by atoms with Gasteiger partial charge in [-0.2, -0.15) is 0 Å². The highest BCUT2D eigenvalue weighted by atomic mass is 35.5. The maximum atomic E-state index is 14.5. The Morgan fingerprint density at radius 1 is 0.900 bits per heavy atom. The lowest BCUT2D eigenvalue weighted by Gasteiger charge is -2.37. The zero-order valence-corrected chi connectivity index (χ0v) is 25.3. The van der Waals surface area contributed by atoms with Crippen molar-refractivity contribution in [2.45, 2.75) is 41.9 Å². The quantitative estimate of drug-likeness (QED) is 0.269. The lowest BCUT2D eigenvalue weighted by Crippen LogP contribution is -2.45. The smallest absolute Gasteiger partial charge is 0.229 e. The molecule has 0 bridgehead atoms. The molecule has 3 aromatic carbocycles. The number of hydrogen-bond acceptors (Lipinski definition) is 5. The number of thioether (sulfide) groups is 1. The Labute approximate surface area is 251 Å². The van der Waals surface area contributed by atoms with Crippen LogP contribution in [0.1, 0.15) is 36.4 Å². The third kappa shape index (κ3) is 6.42. The number of amides is 1. The average molecular weight is 597 g/mol. The van der Waals surface area contributed by atoms with E-state index in [4.69, 9.17) is 23.2 Å². The first-order chi connectivity index (χ1) is 19.2. The molecule has 2 saturated heterocycles. The van der Waals surface area contributed by atoms with E-state index in [1.54, 1.807) is 17.0 Å². The average Bonchev–Trinajstić information content (AvgIpc) is 3.24. The molecule has 0 aromatic heterocycles. The van der Waals surface area contributed by atoms with Gasteiger partial charge >= 0.3 is 0 Å². The molecule has 0 aliphatic carbocycles. The number of nitrogens with zero attached hydrogens (tertiary/aromatic N) is 3. The van der Waals surface area contributed by atoms with Crippen molar-refractivity contribution in [1.29, 1.82) is 0 Å². The number of anilines is 1. The molecule has 0 radical (unpaired) electrons. The lowest BCUT2D eigenvalue weighted by atomic mass is 9.86. The Morgan fingerprint density at radius 3 is 2.12 bits per heavy atom. The van der Waals surface area contributed by atoms with E-state index in [1.807, 2.05) is 55.5 Å². The molecule has 2 heterocycles. The van der Waals surface area contributed by atoms with Gasteiger partial charge < -0.3 is 14.7 Å². The minimum Gasteiger partial charge on any atom is -0.304 e. The van der Waals surface area contributed by atoms with Crippen molar-refractivity contribution in [2.75, 3.05) is 44.7 Å². The maximum Gasteiger partial charge on any atom is 0.229 e. The predicted molar refractivity (Wildman–Crippen MR) is 166 cm³/mol. The van der Waals surface area contributed by atoms with Crippen molar-refractivity contribution in [3.8, 4) is 0 Å². The lowest BCUT2D eigenvalue weighted by molar-refractivity contribution is -0.123. The number of ketones is 1. The molecule has 2 unspecified atom stereocenters. The SMILES string of the molecule is Cc1ccc(SC2(C(=O)CCCN3CCN(C)CC3)CC(=O)N(c3ccc(Cl)cc3)C2c2ccc(Cl)cc2)cc1. The van der Waals surface area contributed by atoms with E-state index in [-0.39, 0.29) is 18.1 Å². The van der Waals surface area contributed by atoms with Crippen LogP contribution < -0.4 is 4.90 Å². The second-order valence-corrected chi connectivity index (χ2v) is 13.1. The van der Waals surface area contributed by atoms with Gasteiger partial charge in [-0.1, -0.05) is 53.0 Å². The number of likely N-dealkylation sites (N-methyl/N-ethyl adjacent to an activating group) is 1. The van der Waals surface area contributed by atoms with Crippen LogP contribution in [0.15, 0.2) is 77.7 Å². The highest BCUT2D eigenvalue weighted by Crippen LogP contribution is 2.55. The second-order valence-electron chi connectivity index (χ2n) is 10.8. The van der Waals surface area contributed by atoms with Crippen molar-refractivity contribution in [2.24, 2.45) is 0 Å². The van der Waals surface area contributed by atoms with Gasteiger partial charge in [-0.3, -0.25) is 9.59 Å². The number of aryl methyl sites for hydroxylation is 1. The van der Waals surface area contributed by atoms with Gasteiger partial charge in [-0.05, 0) is 81.0 Å². The summed E-state index contributed by atoms with van der Waals surface area (Å²) in [5.74, 6) is 0.0336. The van der Waals surface area contributed by atoms with Crippen molar-refractivity contribution in [3.05, 3.63) is 94.0 Å². The van der Waals surface area contributed by atoms with Crippen LogP contribution in [0.4, 0.5) is 5.69 Å². The standard InChI is InChI=1S/C32H35Cl2N3O2S/c1-23-5-15-28(16-6-23)40-32(29(38)4-3-17-36-20-18-35(2)19-21-36)22-30(39)37(27-13-11-26(34)12-14-27)31(32)24-7-9-25(33)10-8-24/h5-16,31H,3-4,17-22H2,1-2H3. The molecule has 5 nitrogen and oxygen atoms in total. The topological polar surface area (TPSA) is 43.9 Å². The highest BCUT2D eigenvalue weighted by molar-refractivity contribution is 8.01. The molecule has 5 rings (SSSR count). The molecule has 0 N–H and O–H groups in total. The Hall–Kier alpha value is -2.35. The van der Waals surface area contributed by atoms with Crippen LogP contribution in [-0.4, -0.2) is 66.0 Å². The number of piperazine rings is 1. The van der Waals surface area contributed by atoms with Crippen molar-refractivity contribution < 1.29 is 9.59 Å². The summed E-state index contributed by atoms with van der Waals surface area (Å²) in [5, 5.41) is 1.21. The van der Waals surface area contributed by atoms with Gasteiger partial charge in [0.25, 0.3) is 0 Å². The first-order valence-corrected chi connectivity index (χ1v) is 15.4. The first kappa shape index (κ1) is 29.2. The van der Waals surface area contributed by atoms with E-state index in [9.17, 15) is 9.59 Å². The Balaban J connectivity index is 1.52. The normalized spacial score (nSPS) is 22.1. The zero-order chi connectivity index (χ0) is 28.3. The molecule has 0 saturated carbocycles. The molecule has 2 aliphatic heterocycles. The van der Waals surface area contributed by atoms with E-state index in [2.05, 4.69) is 29.0 Å². The van der Waals surface area contributed by atoms with Crippen molar-refractivity contribution in [1.82, 2.24) is 9.80 Å². The van der Waals surface area contributed by atoms with Crippen LogP contribution in [0.3, 0.4) is 0 Å². The third-order valence-electron chi connectivity index (χ3n) is 7.94. The Morgan fingerprint density at radius 2 is 1.50 bits per heavy atom. The minimum atomic E-state index is -0.998. The zero-order valence-electron chi connectivity index (χ0n) is 23.0. The summed E-state index contributed by atoms with van der Waals surface area (Å²) >= 11 is 14.0. The number of carbonyl (C=O) groups excluding carboxylic acids is 2. The van der Waals surface area contributed by atoms with Gasteiger partial charge in [-0.15, -0.1) is 11.8 Å². The van der Waals surface area contributed by atoms with Gasteiger partial charge in [0.15, 0.2) is 5.78 Å². The van der Waals surface area contributed by atoms with Gasteiger partial charge in [0.1, 0.15) is 4.75 Å². The van der Waals surface area contributed by atoms with Crippen molar-refractivity contribution >= 4 is 52.3 Å². The summed E-state index contributed by atoms with van der Waals surface area (Å²) in [6.07, 6.45) is 1.30. The molecule has 40 heavy (non-hydrogen) atoms. The number of rotatable bonds is 9. The fourth-order valence-electron chi connectivity index (χ4n) is 5.68. The van der Waals surface area contributed by atoms with E-state index in [0.717, 1.165) is 60.9 Å². The number of carbonyl (C=O) groups is 2. The van der Waals surface area contributed by atoms with Gasteiger partial charge in [0, 0.05) is 53.2 Å². The molecule has 0 spiro atoms. The van der Waals surface area contributed by atoms with E-state index < -0.39 is 10.8 Å². The van der Waals surface area contributed by atoms with Gasteiger partial charge in [-0.25, -0.2) is 0 Å². The molecule has 8 heteroatoms. The Kier molecular flexibility index (Phi) is 9.23. The summed E-state index contributed by atoms with van der Waals surface area (Å²) in [5.41, 5.74) is 2.76. The highest BCUT2D eigenvalue weighted by Gasteiger charge is 2.57. The summed E-state index contributed by atoms with van der Waals surface area (Å²) in [6, 6.07) is 22.5. The molecule has 2 aliphatic rings. The fraction of sp³-hybridized carbons (Fsp3) is 0.375. The molecule has 3 aromatic rings. The number of halogens is 2.